The Morgan fingerprint density at radius 3 is 2.95 bits per heavy atom. The van der Waals surface area contributed by atoms with Gasteiger partial charge in [-0.15, -0.1) is 0 Å². The van der Waals surface area contributed by atoms with Crippen molar-refractivity contribution in [2.45, 2.75) is 32.2 Å². The molecule has 1 heterocycles. The summed E-state index contributed by atoms with van der Waals surface area (Å²) in [7, 11) is 1.91. The Balaban J connectivity index is 2.02. The van der Waals surface area contributed by atoms with Crippen LogP contribution in [0.25, 0.3) is 0 Å². The summed E-state index contributed by atoms with van der Waals surface area (Å²) >= 11 is 5.97. The third kappa shape index (κ3) is 3.77. The van der Waals surface area contributed by atoms with Gasteiger partial charge in [0, 0.05) is 29.5 Å². The molecule has 0 spiro atoms. The molecule has 6 heteroatoms. The van der Waals surface area contributed by atoms with Gasteiger partial charge in [-0.2, -0.15) is 4.98 Å². The van der Waals surface area contributed by atoms with Crippen molar-refractivity contribution in [3.8, 4) is 0 Å². The highest BCUT2D eigenvalue weighted by Gasteiger charge is 2.13. The molecule has 108 valence electrons. The first-order chi connectivity index (χ1) is 9.60. The van der Waals surface area contributed by atoms with Crippen molar-refractivity contribution < 1.29 is 8.91 Å². The lowest BCUT2D eigenvalue weighted by molar-refractivity contribution is 0.365. The zero-order valence-electron chi connectivity index (χ0n) is 11.5. The average Bonchev–Trinajstić information content (AvgIpc) is 2.88. The van der Waals surface area contributed by atoms with Crippen molar-refractivity contribution in [2.75, 3.05) is 7.05 Å². The molecule has 1 atom stereocenters. The fourth-order valence-corrected chi connectivity index (χ4v) is 2.04. The molecule has 1 aromatic heterocycles. The molecule has 0 saturated heterocycles. The topological polar surface area (TPSA) is 51.0 Å². The quantitative estimate of drug-likeness (QED) is 0.890. The molecule has 1 N–H and O–H groups in total. The highest BCUT2D eigenvalue weighted by molar-refractivity contribution is 6.31. The van der Waals surface area contributed by atoms with E-state index in [2.05, 4.69) is 22.4 Å². The van der Waals surface area contributed by atoms with Crippen LogP contribution in [-0.2, 0) is 12.8 Å². The van der Waals surface area contributed by atoms with Crippen molar-refractivity contribution >= 4 is 11.6 Å². The van der Waals surface area contributed by atoms with Crippen molar-refractivity contribution in [1.82, 2.24) is 15.5 Å². The molecule has 2 rings (SSSR count). The number of benzene rings is 1. The van der Waals surface area contributed by atoms with E-state index in [4.69, 9.17) is 16.1 Å². The van der Waals surface area contributed by atoms with Crippen LogP contribution < -0.4 is 5.32 Å². The molecule has 4 nitrogen and oxygen atoms in total. The summed E-state index contributed by atoms with van der Waals surface area (Å²) in [5.74, 6) is 0.659. The van der Waals surface area contributed by atoms with E-state index in [0.29, 0.717) is 34.8 Å². The van der Waals surface area contributed by atoms with Gasteiger partial charge >= 0.3 is 0 Å². The predicted molar refractivity (Wildman–Crippen MR) is 75.4 cm³/mol. The van der Waals surface area contributed by atoms with Gasteiger partial charge in [-0.1, -0.05) is 22.8 Å². The number of nitrogens with one attached hydrogen (secondary N) is 1. The van der Waals surface area contributed by atoms with Crippen LogP contribution in [0.4, 0.5) is 4.39 Å². The number of rotatable bonds is 6. The van der Waals surface area contributed by atoms with Crippen molar-refractivity contribution in [2.24, 2.45) is 0 Å². The molecule has 0 radical (unpaired) electrons. The summed E-state index contributed by atoms with van der Waals surface area (Å²) in [6.45, 7) is 2.08. The lowest BCUT2D eigenvalue weighted by Gasteiger charge is -2.06. The van der Waals surface area contributed by atoms with E-state index in [1.807, 2.05) is 7.05 Å². The maximum Gasteiger partial charge on any atom is 0.226 e. The van der Waals surface area contributed by atoms with E-state index >= 15 is 0 Å². The fraction of sp³-hybridized carbons (Fsp3) is 0.429. The molecule has 0 fully saturated rings. The molecule has 0 bridgehead atoms. The minimum Gasteiger partial charge on any atom is -0.339 e. The van der Waals surface area contributed by atoms with E-state index < -0.39 is 0 Å². The summed E-state index contributed by atoms with van der Waals surface area (Å²) in [4.78, 5) is 4.26. The van der Waals surface area contributed by atoms with Crippen LogP contribution in [0.5, 0.6) is 0 Å². The van der Waals surface area contributed by atoms with E-state index in [1.165, 1.54) is 6.07 Å². The normalized spacial score (nSPS) is 12.6. The van der Waals surface area contributed by atoms with Gasteiger partial charge in [0.05, 0.1) is 0 Å². The maximum atomic E-state index is 13.7. The Hall–Kier alpha value is -1.46. The van der Waals surface area contributed by atoms with Gasteiger partial charge in [-0.3, -0.25) is 0 Å². The van der Waals surface area contributed by atoms with E-state index in [9.17, 15) is 4.39 Å². The van der Waals surface area contributed by atoms with E-state index in [-0.39, 0.29) is 12.2 Å². The second kappa shape index (κ2) is 6.81. The van der Waals surface area contributed by atoms with Gasteiger partial charge in [-0.25, -0.2) is 4.39 Å². The molecular formula is C14H17ClFN3O. The van der Waals surface area contributed by atoms with Crippen molar-refractivity contribution in [1.29, 1.82) is 0 Å². The molecule has 1 aromatic carbocycles. The first kappa shape index (κ1) is 14.9. The lowest BCUT2D eigenvalue weighted by Crippen LogP contribution is -2.21. The predicted octanol–water partition coefficient (Wildman–Crippen LogP) is 2.99. The zero-order chi connectivity index (χ0) is 14.5. The number of aromatic nitrogens is 2. The highest BCUT2D eigenvalue weighted by Crippen LogP contribution is 2.21. The Kier molecular flexibility index (Phi) is 5.09. The SMILES string of the molecule is CNC(C)CCc1nc(Cc2c(F)cccc2Cl)no1. The smallest absolute Gasteiger partial charge is 0.226 e. The molecule has 0 saturated carbocycles. The van der Waals surface area contributed by atoms with E-state index in [1.54, 1.807) is 12.1 Å². The molecule has 0 aliphatic rings. The lowest BCUT2D eigenvalue weighted by atomic mass is 10.1. The third-order valence-electron chi connectivity index (χ3n) is 3.19. The summed E-state index contributed by atoms with van der Waals surface area (Å²) in [6, 6.07) is 4.97. The van der Waals surface area contributed by atoms with Gasteiger partial charge in [0.1, 0.15) is 5.82 Å². The van der Waals surface area contributed by atoms with Crippen LogP contribution >= 0.6 is 11.6 Å². The number of halogens is 2. The summed E-state index contributed by atoms with van der Waals surface area (Å²) in [6.07, 6.45) is 1.83. The van der Waals surface area contributed by atoms with Gasteiger partial charge in [0.2, 0.25) is 5.89 Å². The molecule has 0 aliphatic heterocycles. The van der Waals surface area contributed by atoms with Crippen LogP contribution in [0.15, 0.2) is 22.7 Å². The second-order valence-electron chi connectivity index (χ2n) is 4.71. The van der Waals surface area contributed by atoms with Gasteiger partial charge in [-0.05, 0) is 32.5 Å². The van der Waals surface area contributed by atoms with Gasteiger partial charge < -0.3 is 9.84 Å². The second-order valence-corrected chi connectivity index (χ2v) is 5.12. The van der Waals surface area contributed by atoms with Crippen LogP contribution in [-0.4, -0.2) is 23.2 Å². The van der Waals surface area contributed by atoms with Crippen LogP contribution in [0, 0.1) is 5.82 Å². The first-order valence-electron chi connectivity index (χ1n) is 6.51. The van der Waals surface area contributed by atoms with Gasteiger partial charge in [0.15, 0.2) is 5.82 Å². The third-order valence-corrected chi connectivity index (χ3v) is 3.54. The molecule has 1 unspecified atom stereocenters. The maximum absolute atomic E-state index is 13.7. The molecule has 2 aromatic rings. The standard InChI is InChI=1S/C14H17ClFN3O/c1-9(17-2)6-7-14-18-13(19-20-14)8-10-11(15)4-3-5-12(10)16/h3-5,9,17H,6-8H2,1-2H3. The summed E-state index contributed by atoms with van der Waals surface area (Å²) in [5.41, 5.74) is 0.394. The monoisotopic (exact) mass is 297 g/mol. The Morgan fingerprint density at radius 1 is 1.45 bits per heavy atom. The summed E-state index contributed by atoms with van der Waals surface area (Å²) in [5, 5.41) is 7.38. The average molecular weight is 298 g/mol. The number of aryl methyl sites for hydroxylation is 1. The molecular weight excluding hydrogens is 281 g/mol. The highest BCUT2D eigenvalue weighted by atomic mass is 35.5. The van der Waals surface area contributed by atoms with Crippen LogP contribution in [0.3, 0.4) is 0 Å². The van der Waals surface area contributed by atoms with Crippen LogP contribution in [0.1, 0.15) is 30.6 Å². The van der Waals surface area contributed by atoms with Crippen LogP contribution in [0.2, 0.25) is 5.02 Å². The number of hydrogen-bond acceptors (Lipinski definition) is 4. The largest absolute Gasteiger partial charge is 0.339 e. The summed E-state index contributed by atoms with van der Waals surface area (Å²) < 4.78 is 18.8. The van der Waals surface area contributed by atoms with Crippen molar-refractivity contribution in [3.63, 3.8) is 0 Å². The molecule has 0 aliphatic carbocycles. The fourth-order valence-electron chi connectivity index (χ4n) is 1.81. The van der Waals surface area contributed by atoms with E-state index in [0.717, 1.165) is 6.42 Å². The Bertz CT molecular complexity index is 553. The number of nitrogens with zero attached hydrogens (tertiary/aromatic N) is 2. The Morgan fingerprint density at radius 2 is 2.25 bits per heavy atom. The Labute approximate surface area is 122 Å². The minimum atomic E-state index is -0.354. The van der Waals surface area contributed by atoms with Crippen molar-refractivity contribution in [3.05, 3.63) is 46.3 Å². The minimum absolute atomic E-state index is 0.233. The first-order valence-corrected chi connectivity index (χ1v) is 6.89. The molecule has 0 amide bonds. The van der Waals surface area contributed by atoms with Gasteiger partial charge in [0.25, 0.3) is 0 Å². The zero-order valence-corrected chi connectivity index (χ0v) is 12.2. The number of hydrogen-bond donors (Lipinski definition) is 1. The molecule has 20 heavy (non-hydrogen) atoms.